The molecule has 0 unspecified atom stereocenters. The van der Waals surface area contributed by atoms with E-state index in [4.69, 9.17) is 11.6 Å². The molecule has 4 nitrogen and oxygen atoms in total. The van der Waals surface area contributed by atoms with Crippen molar-refractivity contribution in [3.8, 4) is 11.3 Å². The molecule has 19 heavy (non-hydrogen) atoms. The monoisotopic (exact) mass is 275 g/mol. The molecule has 1 aromatic heterocycles. The molecule has 3 rings (SSSR count). The molecular weight excluding hydrogens is 262 g/mol. The van der Waals surface area contributed by atoms with Gasteiger partial charge in [0.1, 0.15) is 5.82 Å². The summed E-state index contributed by atoms with van der Waals surface area (Å²) in [6, 6.07) is 7.51. The highest BCUT2D eigenvalue weighted by Crippen LogP contribution is 2.29. The summed E-state index contributed by atoms with van der Waals surface area (Å²) in [5.74, 6) is 0.705. The Hall–Kier alpha value is -1.81. The largest absolute Gasteiger partial charge is 0.370 e. The summed E-state index contributed by atoms with van der Waals surface area (Å²) in [5.41, 5.74) is 2.49. The average molecular weight is 276 g/mol. The molecule has 0 atom stereocenters. The second kappa shape index (κ2) is 5.05. The van der Waals surface area contributed by atoms with Crippen LogP contribution in [-0.4, -0.2) is 16.5 Å². The van der Waals surface area contributed by atoms with Crippen LogP contribution in [0.1, 0.15) is 18.4 Å². The second-order valence-electron chi connectivity index (χ2n) is 4.64. The second-order valence-corrected chi connectivity index (χ2v) is 5.07. The Bertz CT molecular complexity index is 666. The van der Waals surface area contributed by atoms with Gasteiger partial charge in [0, 0.05) is 17.1 Å². The Labute approximate surface area is 115 Å². The Morgan fingerprint density at radius 3 is 3.00 bits per heavy atom. The van der Waals surface area contributed by atoms with E-state index in [9.17, 15) is 4.79 Å². The van der Waals surface area contributed by atoms with E-state index < -0.39 is 0 Å². The van der Waals surface area contributed by atoms with Gasteiger partial charge in [0.15, 0.2) is 0 Å². The molecule has 2 N–H and O–H groups in total. The van der Waals surface area contributed by atoms with Crippen molar-refractivity contribution in [2.24, 2.45) is 0 Å². The van der Waals surface area contributed by atoms with Gasteiger partial charge in [0.2, 0.25) is 0 Å². The molecule has 0 amide bonds. The minimum absolute atomic E-state index is 0.330. The maximum atomic E-state index is 11.7. The topological polar surface area (TPSA) is 57.8 Å². The summed E-state index contributed by atoms with van der Waals surface area (Å²) in [7, 11) is 0. The van der Waals surface area contributed by atoms with Crippen LogP contribution in [0.5, 0.6) is 0 Å². The summed E-state index contributed by atoms with van der Waals surface area (Å²) in [5, 5.41) is 3.88. The van der Waals surface area contributed by atoms with Crippen LogP contribution in [0.15, 0.2) is 29.1 Å². The van der Waals surface area contributed by atoms with Crippen LogP contribution in [0.25, 0.3) is 11.3 Å². The number of fused-ring (bicyclic) bond motifs is 1. The van der Waals surface area contributed by atoms with Crippen LogP contribution < -0.4 is 11.0 Å². The number of benzene rings is 1. The Balaban J connectivity index is 2.20. The smallest absolute Gasteiger partial charge is 0.347 e. The van der Waals surface area contributed by atoms with Crippen molar-refractivity contribution < 1.29 is 0 Å². The number of hydrogen-bond donors (Lipinski definition) is 2. The zero-order chi connectivity index (χ0) is 13.2. The first-order valence-electron chi connectivity index (χ1n) is 6.37. The zero-order valence-electron chi connectivity index (χ0n) is 10.4. The van der Waals surface area contributed by atoms with Crippen molar-refractivity contribution in [1.29, 1.82) is 0 Å². The molecular formula is C14H14ClN3O. The maximum absolute atomic E-state index is 11.7. The maximum Gasteiger partial charge on any atom is 0.347 e. The minimum Gasteiger partial charge on any atom is -0.370 e. The predicted octanol–water partition coefficient (Wildman–Crippen LogP) is 2.84. The fourth-order valence-corrected chi connectivity index (χ4v) is 2.60. The van der Waals surface area contributed by atoms with Gasteiger partial charge in [0.05, 0.1) is 5.69 Å². The van der Waals surface area contributed by atoms with Crippen molar-refractivity contribution in [2.45, 2.75) is 19.3 Å². The van der Waals surface area contributed by atoms with E-state index in [1.165, 1.54) is 0 Å². The summed E-state index contributed by atoms with van der Waals surface area (Å²) >= 11 is 6.03. The fourth-order valence-electron chi connectivity index (χ4n) is 2.41. The summed E-state index contributed by atoms with van der Waals surface area (Å²) in [6.07, 6.45) is 3.08. The third-order valence-corrected chi connectivity index (χ3v) is 3.53. The summed E-state index contributed by atoms with van der Waals surface area (Å²) in [6.45, 7) is 0.860. The van der Waals surface area contributed by atoms with Crippen LogP contribution in [-0.2, 0) is 6.42 Å². The highest BCUT2D eigenvalue weighted by molar-refractivity contribution is 6.30. The van der Waals surface area contributed by atoms with Gasteiger partial charge in [-0.3, -0.25) is 0 Å². The number of nitrogens with zero attached hydrogens (tertiary/aromatic N) is 1. The number of rotatable bonds is 1. The van der Waals surface area contributed by atoms with E-state index in [2.05, 4.69) is 15.3 Å². The van der Waals surface area contributed by atoms with Gasteiger partial charge in [-0.2, -0.15) is 4.98 Å². The lowest BCUT2D eigenvalue weighted by Gasteiger charge is -2.11. The van der Waals surface area contributed by atoms with Crippen LogP contribution in [0.4, 0.5) is 5.82 Å². The lowest BCUT2D eigenvalue weighted by Crippen LogP contribution is -2.17. The van der Waals surface area contributed by atoms with E-state index in [0.29, 0.717) is 10.8 Å². The van der Waals surface area contributed by atoms with Crippen LogP contribution in [0.3, 0.4) is 0 Å². The number of halogens is 1. The third kappa shape index (κ3) is 2.49. The van der Waals surface area contributed by atoms with Crippen LogP contribution in [0.2, 0.25) is 5.02 Å². The zero-order valence-corrected chi connectivity index (χ0v) is 11.1. The number of nitrogens with one attached hydrogen (secondary N) is 2. The first-order valence-corrected chi connectivity index (χ1v) is 6.75. The molecule has 2 heterocycles. The van der Waals surface area contributed by atoms with Crippen molar-refractivity contribution in [1.82, 2.24) is 9.97 Å². The minimum atomic E-state index is -0.330. The van der Waals surface area contributed by atoms with E-state index in [0.717, 1.165) is 42.6 Å². The van der Waals surface area contributed by atoms with E-state index in [1.54, 1.807) is 0 Å². The van der Waals surface area contributed by atoms with E-state index in [-0.39, 0.29) is 5.69 Å². The number of H-pyrrole nitrogens is 1. The normalized spacial score (nSPS) is 14.4. The van der Waals surface area contributed by atoms with Gasteiger partial charge in [-0.1, -0.05) is 23.7 Å². The van der Waals surface area contributed by atoms with E-state index in [1.807, 2.05) is 24.3 Å². The third-order valence-electron chi connectivity index (χ3n) is 3.29. The first kappa shape index (κ1) is 12.2. The lowest BCUT2D eigenvalue weighted by atomic mass is 10.0. The van der Waals surface area contributed by atoms with Crippen molar-refractivity contribution >= 4 is 17.4 Å². The molecule has 0 bridgehead atoms. The molecule has 0 saturated carbocycles. The Kier molecular flexibility index (Phi) is 3.25. The number of aromatic amines is 1. The summed E-state index contributed by atoms with van der Waals surface area (Å²) < 4.78 is 0. The molecule has 0 fully saturated rings. The molecule has 1 aromatic carbocycles. The fraction of sp³-hybridized carbons (Fsp3) is 0.286. The predicted molar refractivity (Wildman–Crippen MR) is 76.7 cm³/mol. The van der Waals surface area contributed by atoms with Crippen LogP contribution >= 0.6 is 11.6 Å². The molecule has 5 heteroatoms. The van der Waals surface area contributed by atoms with Gasteiger partial charge in [-0.25, -0.2) is 4.79 Å². The van der Waals surface area contributed by atoms with Gasteiger partial charge in [-0.05, 0) is 37.0 Å². The molecule has 98 valence electrons. The average Bonchev–Trinajstić information content (AvgIpc) is 2.63. The molecule has 0 spiro atoms. The SMILES string of the molecule is O=c1nc2c(c(-c3cccc(Cl)c3)[nH]1)CCCCN2. The molecule has 1 aliphatic rings. The van der Waals surface area contributed by atoms with Gasteiger partial charge in [0.25, 0.3) is 0 Å². The van der Waals surface area contributed by atoms with Crippen molar-refractivity contribution in [3.63, 3.8) is 0 Å². The molecule has 0 saturated heterocycles. The molecule has 0 aliphatic carbocycles. The standard InChI is InChI=1S/C14H14ClN3O/c15-10-5-3-4-9(8-10)12-11-6-1-2-7-16-13(11)18-14(19)17-12/h3-5,8H,1-2,6-7H2,(H2,16,17,18,19). The van der Waals surface area contributed by atoms with Crippen LogP contribution in [0, 0.1) is 0 Å². The number of hydrogen-bond acceptors (Lipinski definition) is 3. The van der Waals surface area contributed by atoms with E-state index >= 15 is 0 Å². The van der Waals surface area contributed by atoms with Crippen molar-refractivity contribution in [3.05, 3.63) is 45.3 Å². The van der Waals surface area contributed by atoms with Gasteiger partial charge in [-0.15, -0.1) is 0 Å². The van der Waals surface area contributed by atoms with Crippen molar-refractivity contribution in [2.75, 3.05) is 11.9 Å². The summed E-state index contributed by atoms with van der Waals surface area (Å²) in [4.78, 5) is 18.6. The Morgan fingerprint density at radius 2 is 2.16 bits per heavy atom. The molecule has 1 aliphatic heterocycles. The van der Waals surface area contributed by atoms with Gasteiger partial charge >= 0.3 is 5.69 Å². The highest BCUT2D eigenvalue weighted by Gasteiger charge is 2.16. The molecule has 2 aromatic rings. The Morgan fingerprint density at radius 1 is 1.26 bits per heavy atom. The highest BCUT2D eigenvalue weighted by atomic mass is 35.5. The van der Waals surface area contributed by atoms with Gasteiger partial charge < -0.3 is 10.3 Å². The first-order chi connectivity index (χ1) is 9.24. The number of aromatic nitrogens is 2. The lowest BCUT2D eigenvalue weighted by molar-refractivity contribution is 0.785. The quantitative estimate of drug-likeness (QED) is 0.841. The molecule has 0 radical (unpaired) electrons. The number of anilines is 1.